The van der Waals surface area contributed by atoms with Gasteiger partial charge in [-0.3, -0.25) is 4.79 Å². The SMILES string of the molecule is CCCCCNC(=O)/C=C/C(=O)OC. The van der Waals surface area contributed by atoms with E-state index in [0.29, 0.717) is 6.54 Å². The van der Waals surface area contributed by atoms with Gasteiger partial charge in [0.25, 0.3) is 0 Å². The third-order valence-corrected chi connectivity index (χ3v) is 1.65. The summed E-state index contributed by atoms with van der Waals surface area (Å²) in [6.45, 7) is 2.75. The number of rotatable bonds is 6. The minimum Gasteiger partial charge on any atom is -0.466 e. The molecule has 14 heavy (non-hydrogen) atoms. The van der Waals surface area contributed by atoms with Gasteiger partial charge in [0, 0.05) is 18.7 Å². The lowest BCUT2D eigenvalue weighted by molar-refractivity contribution is -0.135. The number of hydrogen-bond donors (Lipinski definition) is 1. The first kappa shape index (κ1) is 12.7. The van der Waals surface area contributed by atoms with Crippen molar-refractivity contribution in [1.29, 1.82) is 0 Å². The molecule has 0 radical (unpaired) electrons. The van der Waals surface area contributed by atoms with Crippen molar-refractivity contribution < 1.29 is 14.3 Å². The molecule has 1 amide bonds. The van der Waals surface area contributed by atoms with E-state index in [4.69, 9.17) is 0 Å². The van der Waals surface area contributed by atoms with Crippen LogP contribution in [0.15, 0.2) is 12.2 Å². The van der Waals surface area contributed by atoms with Crippen molar-refractivity contribution in [3.8, 4) is 0 Å². The number of esters is 1. The molecular weight excluding hydrogens is 182 g/mol. The summed E-state index contributed by atoms with van der Waals surface area (Å²) >= 11 is 0. The number of methoxy groups -OCH3 is 1. The van der Waals surface area contributed by atoms with E-state index in [0.717, 1.165) is 25.3 Å². The molecular formula is C10H17NO3. The second kappa shape index (κ2) is 8.29. The highest BCUT2D eigenvalue weighted by Crippen LogP contribution is 1.91. The molecule has 0 aliphatic rings. The van der Waals surface area contributed by atoms with Gasteiger partial charge in [0.15, 0.2) is 0 Å². The van der Waals surface area contributed by atoms with Crippen LogP contribution in [0.5, 0.6) is 0 Å². The van der Waals surface area contributed by atoms with Crippen molar-refractivity contribution in [2.24, 2.45) is 0 Å². The fourth-order valence-electron chi connectivity index (χ4n) is 0.857. The first-order valence-electron chi connectivity index (χ1n) is 4.74. The Morgan fingerprint density at radius 3 is 2.57 bits per heavy atom. The number of hydrogen-bond acceptors (Lipinski definition) is 3. The summed E-state index contributed by atoms with van der Waals surface area (Å²) in [6.07, 6.45) is 5.47. The van der Waals surface area contributed by atoms with E-state index in [1.54, 1.807) is 0 Å². The summed E-state index contributed by atoms with van der Waals surface area (Å²) in [4.78, 5) is 21.6. The van der Waals surface area contributed by atoms with E-state index in [2.05, 4.69) is 17.0 Å². The molecule has 0 fully saturated rings. The second-order valence-corrected chi connectivity index (χ2v) is 2.85. The molecule has 0 aromatic heterocycles. The third kappa shape index (κ3) is 7.34. The first-order chi connectivity index (χ1) is 6.70. The number of carbonyl (C=O) groups excluding carboxylic acids is 2. The van der Waals surface area contributed by atoms with Crippen molar-refractivity contribution in [1.82, 2.24) is 5.32 Å². The summed E-state index contributed by atoms with van der Waals surface area (Å²) in [5, 5.41) is 2.66. The summed E-state index contributed by atoms with van der Waals surface area (Å²) in [6, 6.07) is 0. The maximum absolute atomic E-state index is 11.0. The Labute approximate surface area is 84.3 Å². The summed E-state index contributed by atoms with van der Waals surface area (Å²) in [5.41, 5.74) is 0. The molecule has 0 heterocycles. The van der Waals surface area contributed by atoms with Gasteiger partial charge in [-0.05, 0) is 6.42 Å². The van der Waals surface area contributed by atoms with Crippen LogP contribution in [0.2, 0.25) is 0 Å². The zero-order valence-electron chi connectivity index (χ0n) is 8.71. The number of carbonyl (C=O) groups is 2. The molecule has 0 aliphatic heterocycles. The maximum atomic E-state index is 11.0. The smallest absolute Gasteiger partial charge is 0.330 e. The van der Waals surface area contributed by atoms with Crippen LogP contribution in [-0.2, 0) is 14.3 Å². The van der Waals surface area contributed by atoms with E-state index in [1.807, 2.05) is 0 Å². The number of nitrogens with one attached hydrogen (secondary N) is 1. The van der Waals surface area contributed by atoms with Gasteiger partial charge in [0.2, 0.25) is 5.91 Å². The van der Waals surface area contributed by atoms with Gasteiger partial charge in [0.1, 0.15) is 0 Å². The van der Waals surface area contributed by atoms with Gasteiger partial charge in [-0.2, -0.15) is 0 Å². The Morgan fingerprint density at radius 1 is 1.29 bits per heavy atom. The second-order valence-electron chi connectivity index (χ2n) is 2.85. The molecule has 0 aromatic carbocycles. The fraction of sp³-hybridized carbons (Fsp3) is 0.600. The van der Waals surface area contributed by atoms with Crippen molar-refractivity contribution in [3.63, 3.8) is 0 Å². The molecule has 0 unspecified atom stereocenters. The summed E-state index contributed by atoms with van der Waals surface area (Å²) < 4.78 is 4.34. The molecule has 0 rings (SSSR count). The van der Waals surface area contributed by atoms with Crippen LogP contribution in [0, 0.1) is 0 Å². The predicted molar refractivity (Wildman–Crippen MR) is 53.7 cm³/mol. The third-order valence-electron chi connectivity index (χ3n) is 1.65. The molecule has 80 valence electrons. The van der Waals surface area contributed by atoms with Crippen LogP contribution < -0.4 is 5.32 Å². The zero-order valence-corrected chi connectivity index (χ0v) is 8.71. The summed E-state index contributed by atoms with van der Waals surface area (Å²) in [5.74, 6) is -0.778. The van der Waals surface area contributed by atoms with Gasteiger partial charge in [-0.1, -0.05) is 19.8 Å². The normalized spacial score (nSPS) is 10.1. The van der Waals surface area contributed by atoms with Gasteiger partial charge in [-0.15, -0.1) is 0 Å². The van der Waals surface area contributed by atoms with E-state index >= 15 is 0 Å². The lowest BCUT2D eigenvalue weighted by Crippen LogP contribution is -2.22. The molecule has 0 atom stereocenters. The van der Waals surface area contributed by atoms with Crippen LogP contribution in [0.25, 0.3) is 0 Å². The minimum atomic E-state index is -0.520. The largest absolute Gasteiger partial charge is 0.466 e. The Balaban J connectivity index is 3.55. The summed E-state index contributed by atoms with van der Waals surface area (Å²) in [7, 11) is 1.27. The van der Waals surface area contributed by atoms with Crippen LogP contribution >= 0.6 is 0 Å². The Kier molecular flexibility index (Phi) is 7.50. The van der Waals surface area contributed by atoms with Gasteiger partial charge in [-0.25, -0.2) is 4.79 Å². The van der Waals surface area contributed by atoms with Gasteiger partial charge in [0.05, 0.1) is 7.11 Å². The quantitative estimate of drug-likeness (QED) is 0.395. The van der Waals surface area contributed by atoms with E-state index in [1.165, 1.54) is 13.2 Å². The average molecular weight is 199 g/mol. The Bertz CT molecular complexity index is 211. The van der Waals surface area contributed by atoms with E-state index in [-0.39, 0.29) is 5.91 Å². The maximum Gasteiger partial charge on any atom is 0.330 e. The monoisotopic (exact) mass is 199 g/mol. The molecule has 0 bridgehead atoms. The zero-order chi connectivity index (χ0) is 10.8. The van der Waals surface area contributed by atoms with Crippen LogP contribution in [-0.4, -0.2) is 25.5 Å². The van der Waals surface area contributed by atoms with Crippen molar-refractivity contribution in [2.45, 2.75) is 26.2 Å². The Morgan fingerprint density at radius 2 is 2.00 bits per heavy atom. The highest BCUT2D eigenvalue weighted by molar-refractivity contribution is 5.94. The first-order valence-corrected chi connectivity index (χ1v) is 4.74. The minimum absolute atomic E-state index is 0.258. The molecule has 4 nitrogen and oxygen atoms in total. The lowest BCUT2D eigenvalue weighted by Gasteiger charge is -1.99. The molecule has 0 spiro atoms. The molecule has 0 saturated heterocycles. The fourth-order valence-corrected chi connectivity index (χ4v) is 0.857. The molecule has 1 N–H and O–H groups in total. The number of ether oxygens (including phenoxy) is 1. The predicted octanol–water partition coefficient (Wildman–Crippen LogP) is 1.02. The molecule has 0 aromatic rings. The van der Waals surface area contributed by atoms with Crippen molar-refractivity contribution >= 4 is 11.9 Å². The van der Waals surface area contributed by atoms with Gasteiger partial charge >= 0.3 is 5.97 Å². The molecule has 4 heteroatoms. The topological polar surface area (TPSA) is 55.4 Å². The molecule has 0 aliphatic carbocycles. The van der Waals surface area contributed by atoms with Crippen molar-refractivity contribution in [2.75, 3.05) is 13.7 Å². The van der Waals surface area contributed by atoms with E-state index < -0.39 is 5.97 Å². The lowest BCUT2D eigenvalue weighted by atomic mass is 10.2. The number of amides is 1. The van der Waals surface area contributed by atoms with E-state index in [9.17, 15) is 9.59 Å². The van der Waals surface area contributed by atoms with Crippen molar-refractivity contribution in [3.05, 3.63) is 12.2 Å². The average Bonchev–Trinajstić information content (AvgIpc) is 2.21. The van der Waals surface area contributed by atoms with Crippen LogP contribution in [0.3, 0.4) is 0 Å². The van der Waals surface area contributed by atoms with Gasteiger partial charge < -0.3 is 10.1 Å². The highest BCUT2D eigenvalue weighted by atomic mass is 16.5. The highest BCUT2D eigenvalue weighted by Gasteiger charge is 1.96. The Hall–Kier alpha value is -1.32. The van der Waals surface area contributed by atoms with Crippen LogP contribution in [0.4, 0.5) is 0 Å². The number of unbranched alkanes of at least 4 members (excludes halogenated alkanes) is 2. The molecule has 0 saturated carbocycles. The standard InChI is InChI=1S/C10H17NO3/c1-3-4-5-8-11-9(12)6-7-10(13)14-2/h6-7H,3-5,8H2,1-2H3,(H,11,12)/b7-6+. The van der Waals surface area contributed by atoms with Crippen LogP contribution in [0.1, 0.15) is 26.2 Å².